The largest absolute Gasteiger partial charge is 0.339 e. The van der Waals surface area contributed by atoms with Crippen LogP contribution in [0.25, 0.3) is 11.1 Å². The van der Waals surface area contributed by atoms with Crippen LogP contribution in [0.2, 0.25) is 0 Å². The minimum absolute atomic E-state index is 0.00157. The average molecular weight is 432 g/mol. The van der Waals surface area contributed by atoms with Gasteiger partial charge in [0, 0.05) is 31.6 Å². The van der Waals surface area contributed by atoms with E-state index in [0.717, 1.165) is 30.4 Å². The topological polar surface area (TPSA) is 85.2 Å². The molecular formula is C25H25FN4O2. The number of nitrogens with zero attached hydrogens (tertiary/aromatic N) is 2. The predicted molar refractivity (Wildman–Crippen MR) is 117 cm³/mol. The smallest absolute Gasteiger partial charge is 0.254 e. The van der Waals surface area contributed by atoms with E-state index < -0.39 is 11.9 Å². The number of carbonyl (C=O) groups is 2. The summed E-state index contributed by atoms with van der Waals surface area (Å²) in [6, 6.07) is 11.9. The number of piperidine rings is 1. The number of nitrogens with one attached hydrogen (secondary N) is 2. The maximum absolute atomic E-state index is 14.9. The second-order valence-corrected chi connectivity index (χ2v) is 9.15. The summed E-state index contributed by atoms with van der Waals surface area (Å²) in [5.74, 6) is -0.252. The first kappa shape index (κ1) is 20.7. The molecule has 2 aromatic rings. The summed E-state index contributed by atoms with van der Waals surface area (Å²) < 4.78 is 14.9. The molecule has 2 aliphatic heterocycles. The van der Waals surface area contributed by atoms with E-state index >= 15 is 0 Å². The van der Waals surface area contributed by atoms with Gasteiger partial charge in [0.25, 0.3) is 5.91 Å². The molecule has 4 atom stereocenters. The summed E-state index contributed by atoms with van der Waals surface area (Å²) in [5.41, 5.74) is 3.55. The summed E-state index contributed by atoms with van der Waals surface area (Å²) in [4.78, 5) is 26.3. The lowest BCUT2D eigenvalue weighted by Gasteiger charge is -2.23. The Morgan fingerprint density at radius 1 is 1.28 bits per heavy atom. The van der Waals surface area contributed by atoms with Gasteiger partial charge in [-0.3, -0.25) is 9.59 Å². The van der Waals surface area contributed by atoms with Gasteiger partial charge < -0.3 is 15.5 Å². The van der Waals surface area contributed by atoms with Gasteiger partial charge in [-0.05, 0) is 65.6 Å². The molecule has 1 saturated carbocycles. The molecule has 2 N–H and O–H groups in total. The first-order chi connectivity index (χ1) is 15.4. The van der Waals surface area contributed by atoms with E-state index in [0.29, 0.717) is 35.2 Å². The second kappa shape index (κ2) is 8.03. The number of fused-ring (bicyclic) bond motifs is 3. The minimum Gasteiger partial charge on any atom is -0.339 e. The van der Waals surface area contributed by atoms with Gasteiger partial charge in [0.1, 0.15) is 11.9 Å². The van der Waals surface area contributed by atoms with Crippen LogP contribution >= 0.6 is 0 Å². The Labute approximate surface area is 186 Å². The van der Waals surface area contributed by atoms with Crippen molar-refractivity contribution in [3.05, 3.63) is 58.9 Å². The quantitative estimate of drug-likeness (QED) is 0.761. The highest BCUT2D eigenvalue weighted by atomic mass is 19.1. The fraction of sp³-hybridized carbons (Fsp3) is 0.400. The van der Waals surface area contributed by atoms with Crippen molar-refractivity contribution in [3.8, 4) is 17.2 Å². The van der Waals surface area contributed by atoms with E-state index in [2.05, 4.69) is 16.7 Å². The first-order valence-electron chi connectivity index (χ1n) is 11.1. The summed E-state index contributed by atoms with van der Waals surface area (Å²) in [6.07, 6.45) is 3.26. The summed E-state index contributed by atoms with van der Waals surface area (Å²) in [7, 11) is 1.76. The minimum atomic E-state index is -0.787. The maximum Gasteiger partial charge on any atom is 0.254 e. The number of carbonyl (C=O) groups excluding carboxylic acids is 2. The highest BCUT2D eigenvalue weighted by Gasteiger charge is 2.43. The van der Waals surface area contributed by atoms with Crippen molar-refractivity contribution >= 4 is 11.8 Å². The van der Waals surface area contributed by atoms with Crippen molar-refractivity contribution in [1.29, 1.82) is 5.26 Å². The van der Waals surface area contributed by atoms with Crippen molar-refractivity contribution < 1.29 is 14.0 Å². The molecule has 6 nitrogen and oxygen atoms in total. The highest BCUT2D eigenvalue weighted by molar-refractivity contribution is 5.98. The number of hydrogen-bond acceptors (Lipinski definition) is 4. The van der Waals surface area contributed by atoms with Crippen LogP contribution in [-0.4, -0.2) is 41.9 Å². The van der Waals surface area contributed by atoms with Crippen LogP contribution in [0.1, 0.15) is 40.7 Å². The number of amides is 2. The maximum atomic E-state index is 14.9. The van der Waals surface area contributed by atoms with Crippen LogP contribution in [-0.2, 0) is 17.8 Å². The molecule has 2 fully saturated rings. The molecule has 2 aromatic carbocycles. The van der Waals surface area contributed by atoms with Gasteiger partial charge in [-0.1, -0.05) is 18.2 Å². The summed E-state index contributed by atoms with van der Waals surface area (Å²) >= 11 is 0. The summed E-state index contributed by atoms with van der Waals surface area (Å²) in [6.45, 7) is 0.545. The molecule has 1 aliphatic carbocycles. The Balaban J connectivity index is 1.28. The Bertz CT molecular complexity index is 1140. The lowest BCUT2D eigenvalue weighted by molar-refractivity contribution is -0.124. The number of hydrogen-bond donors (Lipinski definition) is 2. The van der Waals surface area contributed by atoms with Crippen LogP contribution < -0.4 is 10.6 Å². The zero-order chi connectivity index (χ0) is 22.4. The third-order valence-electron chi connectivity index (χ3n) is 7.01. The monoisotopic (exact) mass is 432 g/mol. The van der Waals surface area contributed by atoms with Crippen LogP contribution in [0.3, 0.4) is 0 Å². The van der Waals surface area contributed by atoms with Gasteiger partial charge in [-0.15, -0.1) is 0 Å². The molecule has 1 saturated heterocycles. The second-order valence-electron chi connectivity index (χ2n) is 9.15. The normalized spacial score (nSPS) is 24.3. The molecule has 32 heavy (non-hydrogen) atoms. The molecule has 3 aliphatic rings. The number of rotatable bonds is 5. The standard InChI is InChI=1S/C25H25FN4O2/c1-30-13-18-8-14(5-7-21(18)25(30)32)15-2-3-16(22(26)11-15)9-20(12-27)29-24(31)23-17-4-6-19(10-17)28-23/h2-3,5,7-8,11,17,19-20,23,28H,4,6,9-10,13H2,1H3,(H,29,31)/t17?,19-,20?,23+/m1/s1. The van der Waals surface area contributed by atoms with Crippen molar-refractivity contribution in [1.82, 2.24) is 15.5 Å². The molecule has 2 bridgehead atoms. The van der Waals surface area contributed by atoms with E-state index in [4.69, 9.17) is 0 Å². The SMILES string of the molecule is CN1Cc2cc(-c3ccc(CC(C#N)NC(=O)[C@H]4N[C@@H]5CCC4C5)c(F)c3)ccc2C1=O. The van der Waals surface area contributed by atoms with Crippen LogP contribution in [0.4, 0.5) is 4.39 Å². The van der Waals surface area contributed by atoms with Crippen molar-refractivity contribution in [2.24, 2.45) is 5.92 Å². The Kier molecular flexibility index (Phi) is 5.18. The summed E-state index contributed by atoms with van der Waals surface area (Å²) in [5, 5.41) is 15.6. The van der Waals surface area contributed by atoms with Crippen molar-refractivity contribution in [2.75, 3.05) is 7.05 Å². The third-order valence-corrected chi connectivity index (χ3v) is 7.01. The zero-order valence-electron chi connectivity index (χ0n) is 17.9. The number of halogens is 1. The molecule has 0 radical (unpaired) electrons. The van der Waals surface area contributed by atoms with E-state index in [9.17, 15) is 19.2 Å². The van der Waals surface area contributed by atoms with Crippen LogP contribution in [0.15, 0.2) is 36.4 Å². The van der Waals surface area contributed by atoms with Crippen molar-refractivity contribution in [3.63, 3.8) is 0 Å². The zero-order valence-corrected chi connectivity index (χ0v) is 17.9. The molecule has 2 amide bonds. The van der Waals surface area contributed by atoms with Gasteiger partial charge in [-0.25, -0.2) is 4.39 Å². The Morgan fingerprint density at radius 2 is 2.06 bits per heavy atom. The molecule has 0 aromatic heterocycles. The lowest BCUT2D eigenvalue weighted by Crippen LogP contribution is -2.50. The fourth-order valence-electron chi connectivity index (χ4n) is 5.30. The van der Waals surface area contributed by atoms with Gasteiger partial charge in [0.05, 0.1) is 12.1 Å². The van der Waals surface area contributed by atoms with Gasteiger partial charge in [0.15, 0.2) is 0 Å². The number of nitriles is 1. The molecule has 0 spiro atoms. The molecule has 2 heterocycles. The Hall–Kier alpha value is -3.24. The molecular weight excluding hydrogens is 407 g/mol. The van der Waals surface area contributed by atoms with Gasteiger partial charge in [-0.2, -0.15) is 5.26 Å². The highest BCUT2D eigenvalue weighted by Crippen LogP contribution is 2.35. The van der Waals surface area contributed by atoms with E-state index in [1.165, 1.54) is 6.07 Å². The number of benzene rings is 2. The first-order valence-corrected chi connectivity index (χ1v) is 11.1. The van der Waals surface area contributed by atoms with Crippen LogP contribution in [0.5, 0.6) is 0 Å². The lowest BCUT2D eigenvalue weighted by atomic mass is 9.97. The van der Waals surface area contributed by atoms with Gasteiger partial charge in [0.2, 0.25) is 5.91 Å². The molecule has 5 rings (SSSR count). The third kappa shape index (κ3) is 3.65. The fourth-order valence-corrected chi connectivity index (χ4v) is 5.30. The Morgan fingerprint density at radius 3 is 2.75 bits per heavy atom. The van der Waals surface area contributed by atoms with Crippen molar-refractivity contribution in [2.45, 2.75) is 50.4 Å². The predicted octanol–water partition coefficient (Wildman–Crippen LogP) is 2.77. The van der Waals surface area contributed by atoms with E-state index in [1.54, 1.807) is 24.1 Å². The average Bonchev–Trinajstić information content (AvgIpc) is 3.49. The van der Waals surface area contributed by atoms with Crippen LogP contribution in [0, 0.1) is 23.1 Å². The van der Waals surface area contributed by atoms with E-state index in [-0.39, 0.29) is 24.3 Å². The molecule has 2 unspecified atom stereocenters. The molecule has 164 valence electrons. The van der Waals surface area contributed by atoms with Gasteiger partial charge >= 0.3 is 0 Å². The van der Waals surface area contributed by atoms with E-state index in [1.807, 2.05) is 18.2 Å². The molecule has 7 heteroatoms.